The molecule has 3 aromatic heterocycles. The van der Waals surface area contributed by atoms with Crippen LogP contribution in [0.5, 0.6) is 0 Å². The van der Waals surface area contributed by atoms with Crippen molar-refractivity contribution in [1.82, 2.24) is 24.8 Å². The minimum Gasteiger partial charge on any atom is -0.346 e. The summed E-state index contributed by atoms with van der Waals surface area (Å²) in [6.07, 6.45) is 7.32. The Morgan fingerprint density at radius 1 is 1.10 bits per heavy atom. The third-order valence-electron chi connectivity index (χ3n) is 5.97. The molecule has 150 valence electrons. The van der Waals surface area contributed by atoms with Gasteiger partial charge in [-0.3, -0.25) is 0 Å². The van der Waals surface area contributed by atoms with Crippen molar-refractivity contribution in [2.24, 2.45) is 0 Å². The number of hydrogen-bond donors (Lipinski definition) is 2. The van der Waals surface area contributed by atoms with Crippen molar-refractivity contribution >= 4 is 31.9 Å². The number of nitrogens with zero attached hydrogens (tertiary/aromatic N) is 3. The Morgan fingerprint density at radius 2 is 1.86 bits per heavy atom. The SMILES string of the molecule is CNC1CCC(n2c(S(=O)(=O)c3ccccc3)nc3cnc4[nH]ccc4c32)CC1. The molecule has 7 nitrogen and oxygen atoms in total. The lowest BCUT2D eigenvalue weighted by Gasteiger charge is -2.30. The monoisotopic (exact) mass is 409 g/mol. The molecule has 1 aliphatic rings. The average molecular weight is 410 g/mol. The van der Waals surface area contributed by atoms with Gasteiger partial charge in [0.15, 0.2) is 0 Å². The minimum atomic E-state index is -3.75. The van der Waals surface area contributed by atoms with Gasteiger partial charge < -0.3 is 14.9 Å². The van der Waals surface area contributed by atoms with Gasteiger partial charge in [-0.2, -0.15) is 0 Å². The van der Waals surface area contributed by atoms with E-state index >= 15 is 0 Å². The van der Waals surface area contributed by atoms with Gasteiger partial charge in [-0.05, 0) is 50.9 Å². The maximum absolute atomic E-state index is 13.5. The normalized spacial score (nSPS) is 20.4. The predicted octanol–water partition coefficient (Wildman–Crippen LogP) is 3.45. The first-order valence-electron chi connectivity index (χ1n) is 9.91. The topological polar surface area (TPSA) is 92.7 Å². The lowest BCUT2D eigenvalue weighted by molar-refractivity contribution is 0.293. The summed E-state index contributed by atoms with van der Waals surface area (Å²) in [5, 5.41) is 4.36. The molecule has 0 radical (unpaired) electrons. The van der Waals surface area contributed by atoms with Crippen LogP contribution in [-0.2, 0) is 9.84 Å². The Bertz CT molecular complexity index is 1270. The highest BCUT2D eigenvalue weighted by atomic mass is 32.2. The minimum absolute atomic E-state index is 0.0820. The number of fused-ring (bicyclic) bond motifs is 3. The van der Waals surface area contributed by atoms with Crippen LogP contribution in [0.25, 0.3) is 22.1 Å². The number of imidazole rings is 1. The molecule has 0 aliphatic heterocycles. The standard InChI is InChI=1S/C21H23N5O2S/c1-22-14-7-9-15(10-8-14)26-19-17-11-12-23-20(17)24-13-18(19)25-21(26)29(27,28)16-5-3-2-4-6-16/h2-6,11-15,22H,7-10H2,1H3,(H,23,24). The zero-order valence-corrected chi connectivity index (χ0v) is 17.0. The molecule has 0 amide bonds. The molecule has 8 heteroatoms. The number of pyridine rings is 1. The van der Waals surface area contributed by atoms with Crippen LogP contribution in [0.15, 0.2) is 58.8 Å². The Balaban J connectivity index is 1.76. The number of benzene rings is 1. The van der Waals surface area contributed by atoms with E-state index in [2.05, 4.69) is 20.3 Å². The summed E-state index contributed by atoms with van der Waals surface area (Å²) in [6, 6.07) is 11.0. The van der Waals surface area contributed by atoms with E-state index in [-0.39, 0.29) is 16.1 Å². The van der Waals surface area contributed by atoms with Crippen LogP contribution in [0.1, 0.15) is 31.7 Å². The van der Waals surface area contributed by atoms with E-state index in [4.69, 9.17) is 0 Å². The average Bonchev–Trinajstić information content (AvgIpc) is 3.39. The van der Waals surface area contributed by atoms with E-state index in [1.165, 1.54) is 0 Å². The zero-order valence-electron chi connectivity index (χ0n) is 16.2. The van der Waals surface area contributed by atoms with Crippen molar-refractivity contribution in [3.8, 4) is 0 Å². The fourth-order valence-electron chi connectivity index (χ4n) is 4.43. The van der Waals surface area contributed by atoms with Crippen LogP contribution in [0, 0.1) is 0 Å². The van der Waals surface area contributed by atoms with Crippen molar-refractivity contribution in [3.05, 3.63) is 48.8 Å². The van der Waals surface area contributed by atoms with Gasteiger partial charge in [-0.1, -0.05) is 18.2 Å². The number of hydrogen-bond acceptors (Lipinski definition) is 5. The first-order valence-corrected chi connectivity index (χ1v) is 11.4. The van der Waals surface area contributed by atoms with Gasteiger partial charge in [-0.15, -0.1) is 0 Å². The van der Waals surface area contributed by atoms with Crippen LogP contribution < -0.4 is 5.32 Å². The number of sulfone groups is 1. The molecule has 0 bridgehead atoms. The predicted molar refractivity (Wildman–Crippen MR) is 112 cm³/mol. The molecule has 5 rings (SSSR count). The summed E-state index contributed by atoms with van der Waals surface area (Å²) < 4.78 is 29.0. The molecule has 0 saturated heterocycles. The zero-order chi connectivity index (χ0) is 20.0. The number of aromatic amines is 1. The van der Waals surface area contributed by atoms with Crippen LogP contribution >= 0.6 is 0 Å². The van der Waals surface area contributed by atoms with Crippen molar-refractivity contribution in [2.45, 2.75) is 47.8 Å². The fraction of sp³-hybridized carbons (Fsp3) is 0.333. The van der Waals surface area contributed by atoms with Gasteiger partial charge in [0.25, 0.3) is 0 Å². The fourth-order valence-corrected chi connectivity index (χ4v) is 5.87. The number of rotatable bonds is 4. The van der Waals surface area contributed by atoms with E-state index in [0.29, 0.717) is 11.6 Å². The Kier molecular flexibility index (Phi) is 4.40. The molecule has 1 aromatic carbocycles. The molecule has 1 fully saturated rings. The van der Waals surface area contributed by atoms with Crippen molar-refractivity contribution in [2.75, 3.05) is 7.05 Å². The number of H-pyrrole nitrogens is 1. The summed E-state index contributed by atoms with van der Waals surface area (Å²) in [5.74, 6) is 0. The second-order valence-corrected chi connectivity index (χ2v) is 9.45. The first-order chi connectivity index (χ1) is 14.1. The maximum atomic E-state index is 13.5. The summed E-state index contributed by atoms with van der Waals surface area (Å²) in [7, 11) is -1.77. The second-order valence-electron chi connectivity index (χ2n) is 7.61. The molecular weight excluding hydrogens is 386 g/mol. The number of aromatic nitrogens is 4. The second kappa shape index (κ2) is 6.96. The van der Waals surface area contributed by atoms with Crippen molar-refractivity contribution in [3.63, 3.8) is 0 Å². The van der Waals surface area contributed by atoms with E-state index in [1.807, 2.05) is 29.9 Å². The lowest BCUT2D eigenvalue weighted by Crippen LogP contribution is -2.31. The van der Waals surface area contributed by atoms with Crippen molar-refractivity contribution < 1.29 is 8.42 Å². The molecule has 3 heterocycles. The van der Waals surface area contributed by atoms with Crippen LogP contribution in [0.4, 0.5) is 0 Å². The van der Waals surface area contributed by atoms with E-state index in [0.717, 1.165) is 42.2 Å². The number of nitrogens with one attached hydrogen (secondary N) is 2. The highest BCUT2D eigenvalue weighted by Gasteiger charge is 2.32. The van der Waals surface area contributed by atoms with Crippen LogP contribution in [0.3, 0.4) is 0 Å². The molecular formula is C21H23N5O2S. The molecule has 29 heavy (non-hydrogen) atoms. The lowest BCUT2D eigenvalue weighted by atomic mass is 9.91. The van der Waals surface area contributed by atoms with Gasteiger partial charge in [0.05, 0.1) is 16.6 Å². The largest absolute Gasteiger partial charge is 0.346 e. The molecule has 4 aromatic rings. The molecule has 1 saturated carbocycles. The van der Waals surface area contributed by atoms with Gasteiger partial charge >= 0.3 is 0 Å². The highest BCUT2D eigenvalue weighted by molar-refractivity contribution is 7.91. The molecule has 1 aliphatic carbocycles. The highest BCUT2D eigenvalue weighted by Crippen LogP contribution is 2.37. The van der Waals surface area contributed by atoms with Gasteiger partial charge in [0.1, 0.15) is 11.2 Å². The maximum Gasteiger partial charge on any atom is 0.240 e. The smallest absolute Gasteiger partial charge is 0.240 e. The van der Waals surface area contributed by atoms with Gasteiger partial charge in [0, 0.05) is 23.7 Å². The van der Waals surface area contributed by atoms with Crippen molar-refractivity contribution in [1.29, 1.82) is 0 Å². The first kappa shape index (κ1) is 18.3. The Labute approximate surface area is 169 Å². The van der Waals surface area contributed by atoms with Gasteiger partial charge in [0.2, 0.25) is 15.0 Å². The summed E-state index contributed by atoms with van der Waals surface area (Å²) in [5.41, 5.74) is 2.20. The third kappa shape index (κ3) is 2.94. The molecule has 0 atom stereocenters. The molecule has 0 spiro atoms. The summed E-state index contributed by atoms with van der Waals surface area (Å²) in [6.45, 7) is 0. The third-order valence-corrected chi connectivity index (χ3v) is 7.63. The van der Waals surface area contributed by atoms with Gasteiger partial charge in [-0.25, -0.2) is 18.4 Å². The Hall–Kier alpha value is -2.71. The molecule has 2 N–H and O–H groups in total. The van der Waals surface area contributed by atoms with E-state index < -0.39 is 9.84 Å². The van der Waals surface area contributed by atoms with Crippen LogP contribution in [-0.4, -0.2) is 41.0 Å². The van der Waals surface area contributed by atoms with E-state index in [9.17, 15) is 8.42 Å². The van der Waals surface area contributed by atoms with Crippen LogP contribution in [0.2, 0.25) is 0 Å². The quantitative estimate of drug-likeness (QED) is 0.539. The molecule has 0 unspecified atom stereocenters. The summed E-state index contributed by atoms with van der Waals surface area (Å²) in [4.78, 5) is 12.4. The Morgan fingerprint density at radius 3 is 2.59 bits per heavy atom. The summed E-state index contributed by atoms with van der Waals surface area (Å²) >= 11 is 0. The van der Waals surface area contributed by atoms with E-state index in [1.54, 1.807) is 30.5 Å².